The molecule has 21 heavy (non-hydrogen) atoms. The van der Waals surface area contributed by atoms with E-state index in [1.54, 1.807) is 42.5 Å². The molecule has 2 amide bonds. The fourth-order valence-corrected chi connectivity index (χ4v) is 1.71. The van der Waals surface area contributed by atoms with Crippen molar-refractivity contribution in [3.05, 3.63) is 60.2 Å². The van der Waals surface area contributed by atoms with Gasteiger partial charge >= 0.3 is 0 Å². The quantitative estimate of drug-likeness (QED) is 0.902. The maximum atomic E-state index is 12.0. The topological polar surface area (TPSA) is 82.0 Å². The van der Waals surface area contributed by atoms with Gasteiger partial charge in [0.15, 0.2) is 0 Å². The number of hydrogen-bond donors (Lipinski definition) is 2. The molecule has 0 aliphatic rings. The highest BCUT2D eigenvalue weighted by molar-refractivity contribution is 6.04. The number of rotatable bonds is 4. The molecular weight excluding hydrogens is 266 g/mol. The van der Waals surface area contributed by atoms with Crippen molar-refractivity contribution >= 4 is 23.2 Å². The molecule has 0 aromatic heterocycles. The summed E-state index contributed by atoms with van der Waals surface area (Å²) >= 11 is 0. The van der Waals surface area contributed by atoms with Crippen LogP contribution in [0.4, 0.5) is 11.4 Å². The molecule has 0 fully saturated rings. The number of benzene rings is 2. The van der Waals surface area contributed by atoms with E-state index in [0.29, 0.717) is 16.9 Å². The van der Waals surface area contributed by atoms with Gasteiger partial charge in [-0.05, 0) is 36.4 Å². The van der Waals surface area contributed by atoms with E-state index in [4.69, 9.17) is 5.26 Å². The number of nitrogens with zero attached hydrogens (tertiary/aromatic N) is 1. The predicted molar refractivity (Wildman–Crippen MR) is 79.7 cm³/mol. The Balaban J connectivity index is 2.00. The number of nitriles is 1. The number of para-hydroxylation sites is 1. The van der Waals surface area contributed by atoms with Gasteiger partial charge in [0.05, 0.1) is 6.07 Å². The second kappa shape index (κ2) is 6.87. The first-order valence-electron chi connectivity index (χ1n) is 6.32. The fraction of sp³-hybridized carbons (Fsp3) is 0.0625. The van der Waals surface area contributed by atoms with Gasteiger partial charge in [-0.1, -0.05) is 18.2 Å². The minimum Gasteiger partial charge on any atom is -0.325 e. The molecule has 0 atom stereocenters. The Kier molecular flexibility index (Phi) is 4.67. The van der Waals surface area contributed by atoms with Gasteiger partial charge in [0, 0.05) is 16.9 Å². The van der Waals surface area contributed by atoms with E-state index in [1.807, 2.05) is 18.2 Å². The average Bonchev–Trinajstić information content (AvgIpc) is 2.49. The lowest BCUT2D eigenvalue weighted by molar-refractivity contribution is -0.115. The highest BCUT2D eigenvalue weighted by atomic mass is 16.2. The molecule has 5 nitrogen and oxygen atoms in total. The second-order valence-electron chi connectivity index (χ2n) is 4.28. The number of hydrogen-bond acceptors (Lipinski definition) is 3. The Morgan fingerprint density at radius 3 is 2.14 bits per heavy atom. The SMILES string of the molecule is N#CCC(=O)Nc1ccc(C(=O)Nc2ccccc2)cc1. The second-order valence-corrected chi connectivity index (χ2v) is 4.28. The summed E-state index contributed by atoms with van der Waals surface area (Å²) in [6.07, 6.45) is -0.198. The van der Waals surface area contributed by atoms with Crippen LogP contribution >= 0.6 is 0 Å². The largest absolute Gasteiger partial charge is 0.325 e. The van der Waals surface area contributed by atoms with E-state index in [1.165, 1.54) is 0 Å². The molecule has 0 heterocycles. The van der Waals surface area contributed by atoms with Crippen LogP contribution in [0, 0.1) is 11.3 Å². The number of anilines is 2. The van der Waals surface area contributed by atoms with E-state index in [-0.39, 0.29) is 18.2 Å². The summed E-state index contributed by atoms with van der Waals surface area (Å²) in [6.45, 7) is 0. The summed E-state index contributed by atoms with van der Waals surface area (Å²) in [5.41, 5.74) is 1.75. The molecule has 0 aliphatic carbocycles. The molecule has 0 aliphatic heterocycles. The summed E-state index contributed by atoms with van der Waals surface area (Å²) in [5, 5.41) is 13.7. The third kappa shape index (κ3) is 4.18. The van der Waals surface area contributed by atoms with Crippen LogP contribution in [0.2, 0.25) is 0 Å². The van der Waals surface area contributed by atoms with Gasteiger partial charge in [-0.15, -0.1) is 0 Å². The van der Waals surface area contributed by atoms with Gasteiger partial charge in [0.25, 0.3) is 5.91 Å². The molecule has 0 saturated carbocycles. The van der Waals surface area contributed by atoms with Crippen molar-refractivity contribution in [3.63, 3.8) is 0 Å². The third-order valence-corrected chi connectivity index (χ3v) is 2.70. The van der Waals surface area contributed by atoms with Crippen LogP contribution in [0.15, 0.2) is 54.6 Å². The molecule has 0 bridgehead atoms. The van der Waals surface area contributed by atoms with Crippen LogP contribution in [0.3, 0.4) is 0 Å². The number of carbonyl (C=O) groups is 2. The number of carbonyl (C=O) groups excluding carboxylic acids is 2. The standard InChI is InChI=1S/C16H13N3O2/c17-11-10-15(20)18-14-8-6-12(7-9-14)16(21)19-13-4-2-1-3-5-13/h1-9H,10H2,(H,18,20)(H,19,21). The molecule has 2 aromatic carbocycles. The highest BCUT2D eigenvalue weighted by Crippen LogP contribution is 2.12. The van der Waals surface area contributed by atoms with Gasteiger partial charge in [-0.2, -0.15) is 5.26 Å². The van der Waals surface area contributed by atoms with E-state index >= 15 is 0 Å². The first kappa shape index (κ1) is 14.3. The van der Waals surface area contributed by atoms with Crippen molar-refractivity contribution < 1.29 is 9.59 Å². The molecule has 2 aromatic rings. The molecule has 5 heteroatoms. The lowest BCUT2D eigenvalue weighted by Crippen LogP contribution is -2.13. The molecular formula is C16H13N3O2. The zero-order valence-corrected chi connectivity index (χ0v) is 11.2. The van der Waals surface area contributed by atoms with Crippen molar-refractivity contribution in [2.75, 3.05) is 10.6 Å². The number of amides is 2. The van der Waals surface area contributed by atoms with Crippen molar-refractivity contribution in [1.29, 1.82) is 5.26 Å². The lowest BCUT2D eigenvalue weighted by Gasteiger charge is -2.06. The van der Waals surface area contributed by atoms with Gasteiger partial charge in [-0.3, -0.25) is 9.59 Å². The van der Waals surface area contributed by atoms with Crippen LogP contribution in [0.25, 0.3) is 0 Å². The average molecular weight is 279 g/mol. The maximum Gasteiger partial charge on any atom is 0.255 e. The Bertz CT molecular complexity index is 673. The Labute approximate surface area is 122 Å². The van der Waals surface area contributed by atoms with Gasteiger partial charge in [-0.25, -0.2) is 0 Å². The minimum atomic E-state index is -0.376. The maximum absolute atomic E-state index is 12.0. The highest BCUT2D eigenvalue weighted by Gasteiger charge is 2.06. The van der Waals surface area contributed by atoms with E-state index < -0.39 is 0 Å². The summed E-state index contributed by atoms with van der Waals surface area (Å²) in [4.78, 5) is 23.3. The first-order chi connectivity index (χ1) is 10.2. The van der Waals surface area contributed by atoms with Crippen LogP contribution in [-0.4, -0.2) is 11.8 Å². The van der Waals surface area contributed by atoms with Crippen molar-refractivity contribution in [1.82, 2.24) is 0 Å². The normalized spacial score (nSPS) is 9.48. The van der Waals surface area contributed by atoms with Crippen LogP contribution < -0.4 is 10.6 Å². The third-order valence-electron chi connectivity index (χ3n) is 2.70. The Morgan fingerprint density at radius 2 is 1.52 bits per heavy atom. The van der Waals surface area contributed by atoms with Crippen LogP contribution in [-0.2, 0) is 4.79 Å². The van der Waals surface area contributed by atoms with E-state index in [2.05, 4.69) is 10.6 Å². The monoisotopic (exact) mass is 279 g/mol. The zero-order chi connectivity index (χ0) is 15.1. The van der Waals surface area contributed by atoms with Crippen LogP contribution in [0.5, 0.6) is 0 Å². The summed E-state index contributed by atoms with van der Waals surface area (Å²) < 4.78 is 0. The molecule has 0 spiro atoms. The van der Waals surface area contributed by atoms with Gasteiger partial charge < -0.3 is 10.6 Å². The molecule has 104 valence electrons. The van der Waals surface area contributed by atoms with Crippen molar-refractivity contribution in [2.24, 2.45) is 0 Å². The van der Waals surface area contributed by atoms with E-state index in [9.17, 15) is 9.59 Å². The molecule has 2 N–H and O–H groups in total. The molecule has 2 rings (SSSR count). The fourth-order valence-electron chi connectivity index (χ4n) is 1.71. The summed E-state index contributed by atoms with van der Waals surface area (Å²) in [5.74, 6) is -0.602. The van der Waals surface area contributed by atoms with Gasteiger partial charge in [0.1, 0.15) is 6.42 Å². The first-order valence-corrected chi connectivity index (χ1v) is 6.32. The molecule has 0 saturated heterocycles. The molecule has 0 radical (unpaired) electrons. The Morgan fingerprint density at radius 1 is 0.905 bits per heavy atom. The van der Waals surface area contributed by atoms with E-state index in [0.717, 1.165) is 0 Å². The minimum absolute atomic E-state index is 0.198. The Hall–Kier alpha value is -3.13. The van der Waals surface area contributed by atoms with Crippen molar-refractivity contribution in [2.45, 2.75) is 6.42 Å². The zero-order valence-electron chi connectivity index (χ0n) is 11.2. The summed E-state index contributed by atoms with van der Waals surface area (Å²) in [6, 6.07) is 17.4. The molecule has 0 unspecified atom stereocenters. The smallest absolute Gasteiger partial charge is 0.255 e. The number of nitrogens with one attached hydrogen (secondary N) is 2. The predicted octanol–water partition coefficient (Wildman–Crippen LogP) is 2.79. The van der Waals surface area contributed by atoms with Gasteiger partial charge in [0.2, 0.25) is 5.91 Å². The van der Waals surface area contributed by atoms with Crippen LogP contribution in [0.1, 0.15) is 16.8 Å². The lowest BCUT2D eigenvalue weighted by atomic mass is 10.2. The van der Waals surface area contributed by atoms with Crippen molar-refractivity contribution in [3.8, 4) is 6.07 Å². The summed E-state index contributed by atoms with van der Waals surface area (Å²) in [7, 11) is 0.